The number of halogens is 3. The minimum atomic E-state index is -4.94. The zero-order valence-electron chi connectivity index (χ0n) is 16.2. The summed E-state index contributed by atoms with van der Waals surface area (Å²) in [5.41, 5.74) is 0.687. The second-order valence-electron chi connectivity index (χ2n) is 7.67. The van der Waals surface area contributed by atoms with Crippen molar-refractivity contribution >= 4 is 28.8 Å². The van der Waals surface area contributed by atoms with E-state index in [1.807, 2.05) is 0 Å². The topological polar surface area (TPSA) is 74.3 Å². The van der Waals surface area contributed by atoms with Crippen molar-refractivity contribution in [3.8, 4) is 10.6 Å². The molecule has 6 nitrogen and oxygen atoms in total. The largest absolute Gasteiger partial charge is 0.471 e. The van der Waals surface area contributed by atoms with E-state index in [0.29, 0.717) is 27.4 Å². The van der Waals surface area contributed by atoms with Gasteiger partial charge in [0.1, 0.15) is 9.88 Å². The number of amides is 2. The average Bonchev–Trinajstić information content (AvgIpc) is 3.21. The maximum Gasteiger partial charge on any atom is 0.471 e. The number of benzene rings is 1. The van der Waals surface area contributed by atoms with E-state index in [2.05, 4.69) is 22.1 Å². The normalized spacial score (nSPS) is 25.7. The van der Waals surface area contributed by atoms with E-state index in [1.165, 1.54) is 29.7 Å². The molecule has 160 valence electrons. The van der Waals surface area contributed by atoms with E-state index in [4.69, 9.17) is 0 Å². The smallest absolute Gasteiger partial charge is 0.347 e. The molecule has 30 heavy (non-hydrogen) atoms. The van der Waals surface area contributed by atoms with Gasteiger partial charge < -0.3 is 10.6 Å². The molecule has 5 rings (SSSR count). The zero-order valence-corrected chi connectivity index (χ0v) is 17.0. The third-order valence-electron chi connectivity index (χ3n) is 5.85. The van der Waals surface area contributed by atoms with Crippen molar-refractivity contribution in [2.45, 2.75) is 38.0 Å². The van der Waals surface area contributed by atoms with Gasteiger partial charge in [0.2, 0.25) is 0 Å². The summed E-state index contributed by atoms with van der Waals surface area (Å²) in [6, 6.07) is 6.30. The van der Waals surface area contributed by atoms with Crippen LogP contribution >= 0.6 is 11.3 Å². The van der Waals surface area contributed by atoms with Crippen molar-refractivity contribution in [3.63, 3.8) is 0 Å². The minimum Gasteiger partial charge on any atom is -0.347 e. The number of aromatic nitrogens is 1. The molecule has 2 amide bonds. The van der Waals surface area contributed by atoms with Crippen molar-refractivity contribution in [2.24, 2.45) is 5.92 Å². The van der Waals surface area contributed by atoms with Crippen LogP contribution in [0.15, 0.2) is 30.5 Å². The predicted octanol–water partition coefficient (Wildman–Crippen LogP) is 3.52. The molecule has 10 heteroatoms. The van der Waals surface area contributed by atoms with Gasteiger partial charge in [-0.05, 0) is 63.0 Å². The summed E-state index contributed by atoms with van der Waals surface area (Å²) in [4.78, 5) is 30.9. The maximum absolute atomic E-state index is 12.7. The number of carbonyl (C=O) groups excluding carboxylic acids is 2. The number of nitrogens with one attached hydrogen (secondary N) is 2. The Morgan fingerprint density at radius 1 is 1.17 bits per heavy atom. The fourth-order valence-electron chi connectivity index (χ4n) is 4.18. The van der Waals surface area contributed by atoms with E-state index >= 15 is 0 Å². The molecule has 1 aromatic carbocycles. The van der Waals surface area contributed by atoms with Crippen LogP contribution in [-0.2, 0) is 4.79 Å². The van der Waals surface area contributed by atoms with Gasteiger partial charge in [0.05, 0.1) is 6.20 Å². The number of hydrogen-bond donors (Lipinski definition) is 2. The number of anilines is 1. The van der Waals surface area contributed by atoms with Crippen molar-refractivity contribution in [2.75, 3.05) is 18.4 Å². The summed E-state index contributed by atoms with van der Waals surface area (Å²) in [5.74, 6) is -1.68. The summed E-state index contributed by atoms with van der Waals surface area (Å²) < 4.78 is 37.0. The lowest BCUT2D eigenvalue weighted by molar-refractivity contribution is -0.167. The molecule has 2 atom stereocenters. The van der Waals surface area contributed by atoms with Gasteiger partial charge in [0.25, 0.3) is 5.91 Å². The molecular formula is C20H21F3N4O2S. The minimum absolute atomic E-state index is 0.0342. The highest BCUT2D eigenvalue weighted by atomic mass is 32.1. The standard InChI is InChI=1S/C20H21F3N4O2S/c1-11-16(12-6-8-27(11)9-7-12)26-17(28)15-10-24-18(30-15)13-2-4-14(5-3-13)25-19(29)20(21,22)23/h2-5,10-12,16H,6-9H2,1H3,(H,25,29)(H,26,28)/t11-,16-/m0/s1. The second kappa shape index (κ2) is 7.99. The Hall–Kier alpha value is -2.46. The van der Waals surface area contributed by atoms with E-state index in [1.54, 1.807) is 17.4 Å². The molecule has 2 N–H and O–H groups in total. The molecule has 2 bridgehead atoms. The number of nitrogens with zero attached hydrogens (tertiary/aromatic N) is 2. The lowest BCUT2D eigenvalue weighted by atomic mass is 9.79. The first-order valence-corrected chi connectivity index (χ1v) is 10.5. The van der Waals surface area contributed by atoms with Crippen molar-refractivity contribution < 1.29 is 22.8 Å². The summed E-state index contributed by atoms with van der Waals surface area (Å²) in [6.45, 7) is 4.32. The lowest BCUT2D eigenvalue weighted by Crippen LogP contribution is -2.62. The van der Waals surface area contributed by atoms with Gasteiger partial charge in [-0.25, -0.2) is 4.98 Å². The molecule has 0 unspecified atom stereocenters. The number of alkyl halides is 3. The molecule has 3 aliphatic rings. The van der Waals surface area contributed by atoms with Gasteiger partial charge in [0.15, 0.2) is 0 Å². The van der Waals surface area contributed by atoms with Crippen LogP contribution in [0.4, 0.5) is 18.9 Å². The highest BCUT2D eigenvalue weighted by molar-refractivity contribution is 7.16. The Morgan fingerprint density at radius 2 is 1.83 bits per heavy atom. The van der Waals surface area contributed by atoms with Crippen LogP contribution in [0.3, 0.4) is 0 Å². The molecule has 3 saturated heterocycles. The maximum atomic E-state index is 12.7. The van der Waals surface area contributed by atoms with Crippen molar-refractivity contribution in [1.82, 2.24) is 15.2 Å². The summed E-state index contributed by atoms with van der Waals surface area (Å²) in [7, 11) is 0. The number of piperidine rings is 3. The molecule has 0 aliphatic carbocycles. The Bertz CT molecular complexity index is 934. The van der Waals surface area contributed by atoms with Gasteiger partial charge >= 0.3 is 12.1 Å². The highest BCUT2D eigenvalue weighted by Crippen LogP contribution is 2.33. The third kappa shape index (κ3) is 4.20. The van der Waals surface area contributed by atoms with Crippen LogP contribution in [0, 0.1) is 5.92 Å². The number of hydrogen-bond acceptors (Lipinski definition) is 5. The van der Waals surface area contributed by atoms with E-state index in [-0.39, 0.29) is 17.6 Å². The molecular weight excluding hydrogens is 417 g/mol. The van der Waals surface area contributed by atoms with Gasteiger partial charge in [-0.1, -0.05) is 0 Å². The Balaban J connectivity index is 1.41. The van der Waals surface area contributed by atoms with Crippen molar-refractivity contribution in [1.29, 1.82) is 0 Å². The first kappa shape index (κ1) is 20.8. The SMILES string of the molecule is C[C@H]1[C@H](NC(=O)c2cnc(-c3ccc(NC(=O)C(F)(F)F)cc3)s2)C2CCN1CC2. The molecule has 3 fully saturated rings. The highest BCUT2D eigenvalue weighted by Gasteiger charge is 2.41. The van der Waals surface area contributed by atoms with E-state index in [9.17, 15) is 22.8 Å². The summed E-state index contributed by atoms with van der Waals surface area (Å²) in [6.07, 6.45) is -1.23. The van der Waals surface area contributed by atoms with E-state index < -0.39 is 12.1 Å². The number of rotatable bonds is 4. The first-order chi connectivity index (χ1) is 14.2. The van der Waals surface area contributed by atoms with Gasteiger partial charge in [-0.15, -0.1) is 11.3 Å². The van der Waals surface area contributed by atoms with Crippen molar-refractivity contribution in [3.05, 3.63) is 35.3 Å². The molecule has 4 heterocycles. The molecule has 3 aliphatic heterocycles. The fraction of sp³-hybridized carbons (Fsp3) is 0.450. The van der Waals surface area contributed by atoms with Crippen LogP contribution in [0.2, 0.25) is 0 Å². The van der Waals surface area contributed by atoms with Gasteiger partial charge in [0, 0.05) is 23.3 Å². The van der Waals surface area contributed by atoms with Crippen LogP contribution in [-0.4, -0.2) is 53.0 Å². The van der Waals surface area contributed by atoms with Crippen LogP contribution in [0.5, 0.6) is 0 Å². The average molecular weight is 438 g/mol. The molecule has 0 spiro atoms. The Morgan fingerprint density at radius 3 is 2.43 bits per heavy atom. The van der Waals surface area contributed by atoms with Crippen LogP contribution in [0.25, 0.3) is 10.6 Å². The molecule has 2 aromatic rings. The fourth-order valence-corrected chi connectivity index (χ4v) is 5.00. The second-order valence-corrected chi connectivity index (χ2v) is 8.70. The number of carbonyl (C=O) groups is 2. The summed E-state index contributed by atoms with van der Waals surface area (Å²) in [5, 5.41) is 5.54. The molecule has 0 radical (unpaired) electrons. The predicted molar refractivity (Wildman–Crippen MR) is 107 cm³/mol. The number of fused-ring (bicyclic) bond motifs is 3. The van der Waals surface area contributed by atoms with Gasteiger partial charge in [-0.3, -0.25) is 14.5 Å². The number of thiazole rings is 1. The zero-order chi connectivity index (χ0) is 21.5. The van der Waals surface area contributed by atoms with Crippen LogP contribution < -0.4 is 10.6 Å². The lowest BCUT2D eigenvalue weighted by Gasteiger charge is -2.49. The van der Waals surface area contributed by atoms with Crippen LogP contribution in [0.1, 0.15) is 29.4 Å². The third-order valence-corrected chi connectivity index (χ3v) is 6.90. The first-order valence-electron chi connectivity index (χ1n) is 9.72. The van der Waals surface area contributed by atoms with E-state index in [0.717, 1.165) is 25.9 Å². The molecule has 1 aromatic heterocycles. The summed E-state index contributed by atoms with van der Waals surface area (Å²) >= 11 is 1.22. The Kier molecular flexibility index (Phi) is 5.54. The molecule has 0 saturated carbocycles. The Labute approximate surface area is 175 Å². The quantitative estimate of drug-likeness (QED) is 0.766. The van der Waals surface area contributed by atoms with Gasteiger partial charge in [-0.2, -0.15) is 13.2 Å². The monoisotopic (exact) mass is 438 g/mol.